The molecule has 2 aromatic carbocycles. The second kappa shape index (κ2) is 8.10. The normalized spacial score (nSPS) is 16.4. The van der Waals surface area contributed by atoms with Gasteiger partial charge in [-0.3, -0.25) is 19.3 Å². The second-order valence-corrected chi connectivity index (χ2v) is 7.56. The lowest BCUT2D eigenvalue weighted by Gasteiger charge is -2.29. The lowest BCUT2D eigenvalue weighted by molar-refractivity contribution is 0.0546. The van der Waals surface area contributed by atoms with Crippen LogP contribution in [0, 0.1) is 0 Å². The zero-order chi connectivity index (χ0) is 21.3. The van der Waals surface area contributed by atoms with E-state index in [0.717, 1.165) is 32.1 Å². The van der Waals surface area contributed by atoms with Gasteiger partial charge in [0.15, 0.2) is 0 Å². The molecule has 3 amide bonds. The zero-order valence-electron chi connectivity index (χ0n) is 16.6. The van der Waals surface area contributed by atoms with Crippen molar-refractivity contribution in [2.75, 3.05) is 12.4 Å². The minimum Gasteiger partial charge on any atom is -0.465 e. The molecule has 0 saturated heterocycles. The van der Waals surface area contributed by atoms with Crippen molar-refractivity contribution in [3.05, 3.63) is 64.7 Å². The van der Waals surface area contributed by atoms with Crippen LogP contribution in [0.5, 0.6) is 0 Å². The molecule has 7 heteroatoms. The SMILES string of the molecule is COC(=O)c1cccc(NC(=O)c2ccc3c(c2)C(=O)N(C2CCCCC2)C3=O)c1. The van der Waals surface area contributed by atoms with Crippen molar-refractivity contribution in [1.29, 1.82) is 0 Å². The molecule has 30 heavy (non-hydrogen) atoms. The summed E-state index contributed by atoms with van der Waals surface area (Å²) in [4.78, 5) is 51.4. The fraction of sp³-hybridized carbons (Fsp3) is 0.304. The molecular weight excluding hydrogens is 384 g/mol. The predicted molar refractivity (Wildman–Crippen MR) is 110 cm³/mol. The maximum atomic E-state index is 12.9. The highest BCUT2D eigenvalue weighted by atomic mass is 16.5. The van der Waals surface area contributed by atoms with E-state index in [1.165, 1.54) is 36.3 Å². The summed E-state index contributed by atoms with van der Waals surface area (Å²) in [5, 5.41) is 2.71. The monoisotopic (exact) mass is 406 g/mol. The number of hydrogen-bond donors (Lipinski definition) is 1. The lowest BCUT2D eigenvalue weighted by atomic mass is 9.94. The molecule has 1 saturated carbocycles. The minimum absolute atomic E-state index is 0.0653. The molecule has 0 aromatic heterocycles. The summed E-state index contributed by atoms with van der Waals surface area (Å²) in [5.41, 5.74) is 1.61. The topological polar surface area (TPSA) is 92.8 Å². The number of hydrogen-bond acceptors (Lipinski definition) is 5. The number of nitrogens with one attached hydrogen (secondary N) is 1. The molecule has 154 valence electrons. The third-order valence-corrected chi connectivity index (χ3v) is 5.66. The van der Waals surface area contributed by atoms with Gasteiger partial charge in [0, 0.05) is 17.3 Å². The molecule has 2 aromatic rings. The van der Waals surface area contributed by atoms with Crippen LogP contribution in [0.25, 0.3) is 0 Å². The first-order valence-corrected chi connectivity index (χ1v) is 10.0. The molecule has 0 radical (unpaired) electrons. The number of amides is 3. The number of benzene rings is 2. The number of fused-ring (bicyclic) bond motifs is 1. The fourth-order valence-electron chi connectivity index (χ4n) is 4.12. The molecule has 7 nitrogen and oxygen atoms in total. The summed E-state index contributed by atoms with van der Waals surface area (Å²) in [6.45, 7) is 0. The zero-order valence-corrected chi connectivity index (χ0v) is 16.6. The Balaban J connectivity index is 1.55. The molecule has 1 aliphatic heterocycles. The van der Waals surface area contributed by atoms with E-state index in [-0.39, 0.29) is 29.0 Å². The molecule has 1 fully saturated rings. The average Bonchev–Trinajstić information content (AvgIpc) is 3.03. The Bertz CT molecular complexity index is 1040. The summed E-state index contributed by atoms with van der Waals surface area (Å²) in [5.74, 6) is -1.55. The molecule has 2 aliphatic rings. The van der Waals surface area contributed by atoms with Crippen LogP contribution >= 0.6 is 0 Å². The lowest BCUT2D eigenvalue weighted by Crippen LogP contribution is -2.40. The van der Waals surface area contributed by atoms with Crippen LogP contribution in [0.2, 0.25) is 0 Å². The van der Waals surface area contributed by atoms with Crippen molar-refractivity contribution >= 4 is 29.4 Å². The van der Waals surface area contributed by atoms with Crippen LogP contribution in [0.4, 0.5) is 5.69 Å². The number of carbonyl (C=O) groups excluding carboxylic acids is 4. The Morgan fingerprint density at radius 3 is 2.40 bits per heavy atom. The van der Waals surface area contributed by atoms with Crippen LogP contribution in [0.15, 0.2) is 42.5 Å². The fourth-order valence-corrected chi connectivity index (χ4v) is 4.12. The Labute approximate surface area is 174 Å². The Kier molecular flexibility index (Phi) is 5.35. The Morgan fingerprint density at radius 1 is 0.933 bits per heavy atom. The number of imide groups is 1. The molecular formula is C23H22N2O5. The minimum atomic E-state index is -0.504. The average molecular weight is 406 g/mol. The van der Waals surface area contributed by atoms with Gasteiger partial charge < -0.3 is 10.1 Å². The first-order valence-electron chi connectivity index (χ1n) is 10.0. The summed E-state index contributed by atoms with van der Waals surface area (Å²) < 4.78 is 4.69. The van der Waals surface area contributed by atoms with Gasteiger partial charge in [-0.25, -0.2) is 4.79 Å². The van der Waals surface area contributed by atoms with E-state index >= 15 is 0 Å². The van der Waals surface area contributed by atoms with Gasteiger partial charge in [-0.1, -0.05) is 25.3 Å². The quantitative estimate of drug-likeness (QED) is 0.618. The maximum absolute atomic E-state index is 12.9. The number of rotatable bonds is 4. The number of esters is 1. The van der Waals surface area contributed by atoms with Crippen LogP contribution < -0.4 is 5.32 Å². The highest BCUT2D eigenvalue weighted by Gasteiger charge is 2.40. The largest absolute Gasteiger partial charge is 0.465 e. The van der Waals surface area contributed by atoms with E-state index in [4.69, 9.17) is 0 Å². The van der Waals surface area contributed by atoms with Crippen LogP contribution in [0.1, 0.15) is 73.5 Å². The molecule has 4 rings (SSSR count). The van der Waals surface area contributed by atoms with Crippen LogP contribution in [0.3, 0.4) is 0 Å². The highest BCUT2D eigenvalue weighted by molar-refractivity contribution is 6.22. The number of nitrogens with zero attached hydrogens (tertiary/aromatic N) is 1. The summed E-state index contributed by atoms with van der Waals surface area (Å²) in [7, 11) is 1.28. The smallest absolute Gasteiger partial charge is 0.337 e. The van der Waals surface area contributed by atoms with Gasteiger partial charge >= 0.3 is 5.97 Å². The van der Waals surface area contributed by atoms with Gasteiger partial charge in [-0.15, -0.1) is 0 Å². The van der Waals surface area contributed by atoms with Gasteiger partial charge in [0.05, 0.1) is 23.8 Å². The molecule has 0 spiro atoms. The molecule has 0 unspecified atom stereocenters. The van der Waals surface area contributed by atoms with E-state index in [0.29, 0.717) is 16.8 Å². The van der Waals surface area contributed by atoms with Gasteiger partial charge in [-0.05, 0) is 49.2 Å². The van der Waals surface area contributed by atoms with E-state index in [1.807, 2.05) is 0 Å². The van der Waals surface area contributed by atoms with Crippen molar-refractivity contribution in [2.45, 2.75) is 38.1 Å². The highest BCUT2D eigenvalue weighted by Crippen LogP contribution is 2.31. The van der Waals surface area contributed by atoms with Crippen molar-refractivity contribution in [2.24, 2.45) is 0 Å². The summed E-state index contributed by atoms with van der Waals surface area (Å²) >= 11 is 0. The first kappa shape index (κ1) is 19.8. The van der Waals surface area contributed by atoms with Gasteiger partial charge in [0.2, 0.25) is 0 Å². The van der Waals surface area contributed by atoms with E-state index < -0.39 is 11.9 Å². The molecule has 1 heterocycles. The Morgan fingerprint density at radius 2 is 1.67 bits per heavy atom. The second-order valence-electron chi connectivity index (χ2n) is 7.56. The standard InChI is InChI=1S/C23H22N2O5/c1-30-23(29)15-6-5-7-16(12-15)24-20(26)14-10-11-18-19(13-14)22(28)25(21(18)27)17-8-3-2-4-9-17/h5-7,10-13,17H,2-4,8-9H2,1H3,(H,24,26). The third-order valence-electron chi connectivity index (χ3n) is 5.66. The van der Waals surface area contributed by atoms with Gasteiger partial charge in [0.1, 0.15) is 0 Å². The molecule has 1 N–H and O–H groups in total. The van der Waals surface area contributed by atoms with Crippen molar-refractivity contribution in [3.8, 4) is 0 Å². The Hall–Kier alpha value is -3.48. The number of ether oxygens (including phenoxy) is 1. The number of methoxy groups -OCH3 is 1. The summed E-state index contributed by atoms with van der Waals surface area (Å²) in [6.07, 6.45) is 4.80. The van der Waals surface area contributed by atoms with E-state index in [2.05, 4.69) is 10.1 Å². The van der Waals surface area contributed by atoms with E-state index in [1.54, 1.807) is 18.2 Å². The van der Waals surface area contributed by atoms with Crippen molar-refractivity contribution < 1.29 is 23.9 Å². The van der Waals surface area contributed by atoms with Crippen LogP contribution in [-0.4, -0.2) is 41.7 Å². The van der Waals surface area contributed by atoms with E-state index in [9.17, 15) is 19.2 Å². The number of anilines is 1. The van der Waals surface area contributed by atoms with Crippen molar-refractivity contribution in [1.82, 2.24) is 4.90 Å². The first-order chi connectivity index (χ1) is 14.5. The molecule has 1 aliphatic carbocycles. The molecule has 0 bridgehead atoms. The third kappa shape index (κ3) is 3.58. The predicted octanol–water partition coefficient (Wildman–Crippen LogP) is 3.65. The summed E-state index contributed by atoms with van der Waals surface area (Å²) in [6, 6.07) is 10.9. The van der Waals surface area contributed by atoms with Gasteiger partial charge in [0.25, 0.3) is 17.7 Å². The van der Waals surface area contributed by atoms with Gasteiger partial charge in [-0.2, -0.15) is 0 Å². The number of carbonyl (C=O) groups is 4. The molecule has 0 atom stereocenters. The van der Waals surface area contributed by atoms with Crippen LogP contribution in [-0.2, 0) is 4.74 Å². The maximum Gasteiger partial charge on any atom is 0.337 e. The van der Waals surface area contributed by atoms with Crippen molar-refractivity contribution in [3.63, 3.8) is 0 Å².